The van der Waals surface area contributed by atoms with Crippen molar-refractivity contribution in [2.24, 2.45) is 0 Å². The standard InChI is InChI=1S/C23H28N6O2/c30-23-21-19(24-15-25-23)14-20(26-16-4-2-1-3-5-16)28-22(21)27-17-6-8-18(9-7-17)29-10-12-31-13-11-29/h6-9,14-16H,1-5,10-13H2,(H,24,25,30)(H2,26,27,28). The zero-order valence-electron chi connectivity index (χ0n) is 17.6. The number of fused-ring (bicyclic) bond motifs is 1. The van der Waals surface area contributed by atoms with Gasteiger partial charge in [0.05, 0.1) is 25.1 Å². The minimum absolute atomic E-state index is 0.200. The highest BCUT2D eigenvalue weighted by Crippen LogP contribution is 2.27. The lowest BCUT2D eigenvalue weighted by molar-refractivity contribution is 0.122. The van der Waals surface area contributed by atoms with Crippen molar-refractivity contribution in [2.45, 2.75) is 38.1 Å². The van der Waals surface area contributed by atoms with Crippen molar-refractivity contribution in [1.29, 1.82) is 0 Å². The molecule has 2 aliphatic rings. The maximum absolute atomic E-state index is 12.5. The minimum atomic E-state index is -0.200. The molecule has 1 saturated carbocycles. The number of anilines is 4. The van der Waals surface area contributed by atoms with E-state index in [1.165, 1.54) is 31.3 Å². The maximum Gasteiger partial charge on any atom is 0.262 e. The third-order valence-electron chi connectivity index (χ3n) is 6.09. The Kier molecular flexibility index (Phi) is 5.71. The van der Waals surface area contributed by atoms with Gasteiger partial charge in [-0.3, -0.25) is 4.79 Å². The highest BCUT2D eigenvalue weighted by Gasteiger charge is 2.17. The molecular formula is C23H28N6O2. The summed E-state index contributed by atoms with van der Waals surface area (Å²) >= 11 is 0. The minimum Gasteiger partial charge on any atom is -0.378 e. The smallest absolute Gasteiger partial charge is 0.262 e. The summed E-state index contributed by atoms with van der Waals surface area (Å²) in [6.07, 6.45) is 7.51. The Morgan fingerprint density at radius 3 is 2.61 bits per heavy atom. The SMILES string of the molecule is O=c1[nH]cnc2cc(NC3CCCCC3)nc(Nc3ccc(N4CCOCC4)cc3)c12. The van der Waals surface area contributed by atoms with Crippen LogP contribution >= 0.6 is 0 Å². The maximum atomic E-state index is 12.5. The van der Waals surface area contributed by atoms with Crippen LogP contribution in [-0.2, 0) is 4.74 Å². The van der Waals surface area contributed by atoms with Gasteiger partial charge in [-0.1, -0.05) is 19.3 Å². The first kappa shape index (κ1) is 19.8. The molecule has 0 unspecified atom stereocenters. The van der Waals surface area contributed by atoms with Gasteiger partial charge in [-0.05, 0) is 37.1 Å². The van der Waals surface area contributed by atoms with Crippen LogP contribution in [-0.4, -0.2) is 47.3 Å². The molecule has 162 valence electrons. The fraction of sp³-hybridized carbons (Fsp3) is 0.435. The average Bonchev–Trinajstić information content (AvgIpc) is 2.81. The van der Waals surface area contributed by atoms with E-state index in [2.05, 4.69) is 37.6 Å². The number of benzene rings is 1. The quantitative estimate of drug-likeness (QED) is 0.580. The van der Waals surface area contributed by atoms with Crippen molar-refractivity contribution in [3.05, 3.63) is 47.0 Å². The molecule has 1 saturated heterocycles. The molecule has 1 aromatic carbocycles. The molecular weight excluding hydrogens is 392 g/mol. The summed E-state index contributed by atoms with van der Waals surface area (Å²) in [6, 6.07) is 10.5. The molecule has 0 amide bonds. The Bertz CT molecular complexity index is 1090. The van der Waals surface area contributed by atoms with E-state index in [9.17, 15) is 4.79 Å². The third kappa shape index (κ3) is 4.49. The van der Waals surface area contributed by atoms with E-state index in [-0.39, 0.29) is 5.56 Å². The molecule has 3 aromatic rings. The van der Waals surface area contributed by atoms with E-state index in [4.69, 9.17) is 9.72 Å². The molecule has 2 aromatic heterocycles. The van der Waals surface area contributed by atoms with Crippen molar-refractivity contribution in [2.75, 3.05) is 41.8 Å². The van der Waals surface area contributed by atoms with Gasteiger partial charge in [0, 0.05) is 36.6 Å². The molecule has 1 aliphatic carbocycles. The Morgan fingerprint density at radius 2 is 1.84 bits per heavy atom. The summed E-state index contributed by atoms with van der Waals surface area (Å²) in [6.45, 7) is 3.31. The van der Waals surface area contributed by atoms with E-state index in [0.717, 1.165) is 50.7 Å². The van der Waals surface area contributed by atoms with Crippen molar-refractivity contribution >= 4 is 33.9 Å². The number of H-pyrrole nitrogens is 1. The van der Waals surface area contributed by atoms with Gasteiger partial charge in [0.15, 0.2) is 0 Å². The number of ether oxygens (including phenoxy) is 1. The van der Waals surface area contributed by atoms with Gasteiger partial charge in [0.1, 0.15) is 17.0 Å². The van der Waals surface area contributed by atoms with E-state index in [0.29, 0.717) is 22.8 Å². The Morgan fingerprint density at radius 1 is 1.06 bits per heavy atom. The van der Waals surface area contributed by atoms with Crippen LogP contribution in [0.4, 0.5) is 23.0 Å². The predicted molar refractivity (Wildman–Crippen MR) is 123 cm³/mol. The van der Waals surface area contributed by atoms with Gasteiger partial charge in [-0.15, -0.1) is 0 Å². The summed E-state index contributed by atoms with van der Waals surface area (Å²) in [7, 11) is 0. The monoisotopic (exact) mass is 420 g/mol. The molecule has 1 aliphatic heterocycles. The van der Waals surface area contributed by atoms with E-state index in [1.807, 2.05) is 18.2 Å². The first-order valence-corrected chi connectivity index (χ1v) is 11.1. The van der Waals surface area contributed by atoms with Crippen molar-refractivity contribution in [3.8, 4) is 0 Å². The van der Waals surface area contributed by atoms with Crippen LogP contribution in [0.15, 0.2) is 41.5 Å². The van der Waals surface area contributed by atoms with Crippen LogP contribution in [0.2, 0.25) is 0 Å². The van der Waals surface area contributed by atoms with Crippen molar-refractivity contribution in [1.82, 2.24) is 15.0 Å². The van der Waals surface area contributed by atoms with Crippen molar-refractivity contribution < 1.29 is 4.74 Å². The Hall–Kier alpha value is -3.13. The summed E-state index contributed by atoms with van der Waals surface area (Å²) < 4.78 is 5.43. The highest BCUT2D eigenvalue weighted by atomic mass is 16.5. The number of morpholine rings is 1. The van der Waals surface area contributed by atoms with Gasteiger partial charge in [-0.25, -0.2) is 9.97 Å². The van der Waals surface area contributed by atoms with Crippen LogP contribution in [0, 0.1) is 0 Å². The average molecular weight is 421 g/mol. The van der Waals surface area contributed by atoms with Crippen molar-refractivity contribution in [3.63, 3.8) is 0 Å². The lowest BCUT2D eigenvalue weighted by atomic mass is 9.95. The second kappa shape index (κ2) is 8.93. The molecule has 8 nitrogen and oxygen atoms in total. The first-order chi connectivity index (χ1) is 15.3. The first-order valence-electron chi connectivity index (χ1n) is 11.1. The number of nitrogens with zero attached hydrogens (tertiary/aromatic N) is 3. The third-order valence-corrected chi connectivity index (χ3v) is 6.09. The lowest BCUT2D eigenvalue weighted by Gasteiger charge is -2.29. The number of pyridine rings is 1. The molecule has 0 bridgehead atoms. The van der Waals surface area contributed by atoms with Gasteiger partial charge >= 0.3 is 0 Å². The van der Waals surface area contributed by atoms with E-state index < -0.39 is 0 Å². The molecule has 0 spiro atoms. The van der Waals surface area contributed by atoms with Crippen LogP contribution in [0.1, 0.15) is 32.1 Å². The molecule has 0 radical (unpaired) electrons. The largest absolute Gasteiger partial charge is 0.378 e. The molecule has 3 heterocycles. The van der Waals surface area contributed by atoms with Crippen LogP contribution in [0.3, 0.4) is 0 Å². The molecule has 8 heteroatoms. The van der Waals surface area contributed by atoms with Gasteiger partial charge < -0.3 is 25.3 Å². The van der Waals surface area contributed by atoms with E-state index >= 15 is 0 Å². The Balaban J connectivity index is 1.42. The van der Waals surface area contributed by atoms with Gasteiger partial charge in [-0.2, -0.15) is 0 Å². The molecule has 31 heavy (non-hydrogen) atoms. The Labute approximate surface area is 181 Å². The molecule has 5 rings (SSSR count). The highest BCUT2D eigenvalue weighted by molar-refractivity contribution is 5.92. The number of hydrogen-bond acceptors (Lipinski definition) is 7. The predicted octanol–water partition coefficient (Wildman–Crippen LogP) is 3.64. The number of nitrogens with one attached hydrogen (secondary N) is 3. The molecule has 2 fully saturated rings. The van der Waals surface area contributed by atoms with Gasteiger partial charge in [0.25, 0.3) is 5.56 Å². The summed E-state index contributed by atoms with van der Waals surface area (Å²) in [5.41, 5.74) is 2.47. The number of rotatable bonds is 5. The van der Waals surface area contributed by atoms with Crippen LogP contribution in [0.25, 0.3) is 10.9 Å². The number of aromatic amines is 1. The van der Waals surface area contributed by atoms with Gasteiger partial charge in [0.2, 0.25) is 0 Å². The summed E-state index contributed by atoms with van der Waals surface area (Å²) in [5, 5.41) is 7.36. The fourth-order valence-corrected chi connectivity index (χ4v) is 4.42. The van der Waals surface area contributed by atoms with Crippen LogP contribution in [0.5, 0.6) is 0 Å². The second-order valence-electron chi connectivity index (χ2n) is 8.23. The topological polar surface area (TPSA) is 95.2 Å². The number of hydrogen-bond donors (Lipinski definition) is 3. The van der Waals surface area contributed by atoms with E-state index in [1.54, 1.807) is 0 Å². The normalized spacial score (nSPS) is 17.6. The molecule has 0 atom stereocenters. The summed E-state index contributed by atoms with van der Waals surface area (Å²) in [5.74, 6) is 1.27. The number of aromatic nitrogens is 3. The lowest BCUT2D eigenvalue weighted by Crippen LogP contribution is -2.36. The zero-order valence-corrected chi connectivity index (χ0v) is 17.6. The summed E-state index contributed by atoms with van der Waals surface area (Å²) in [4.78, 5) is 26.6. The van der Waals surface area contributed by atoms with Crippen LogP contribution < -0.4 is 21.1 Å². The molecule has 3 N–H and O–H groups in total. The fourth-order valence-electron chi connectivity index (χ4n) is 4.42. The zero-order chi connectivity index (χ0) is 21.0. The second-order valence-corrected chi connectivity index (χ2v) is 8.23.